The van der Waals surface area contributed by atoms with Gasteiger partial charge in [-0.15, -0.1) is 11.3 Å². The molecule has 256 valence electrons. The number of hydrogen-bond donors (Lipinski definition) is 0. The Morgan fingerprint density at radius 2 is 1.24 bits per heavy atom. The Labute approximate surface area is 318 Å². The van der Waals surface area contributed by atoms with Crippen molar-refractivity contribution in [1.82, 2.24) is 0 Å². The fraction of sp³-hybridized carbons (Fsp3) is 0.0588. The molecular formula is C51H35NOS. The van der Waals surface area contributed by atoms with Crippen molar-refractivity contribution < 1.29 is 4.42 Å². The van der Waals surface area contributed by atoms with Crippen LogP contribution < -0.4 is 4.90 Å². The average molecular weight is 710 g/mol. The lowest BCUT2D eigenvalue weighted by molar-refractivity contribution is 0.667. The molecule has 2 heterocycles. The summed E-state index contributed by atoms with van der Waals surface area (Å²) < 4.78 is 9.22. The normalized spacial score (nSPS) is 14.0. The summed E-state index contributed by atoms with van der Waals surface area (Å²) in [5.74, 6) is 0.206. The number of nitrogens with zero attached hydrogens (tertiary/aromatic N) is 1. The number of fused-ring (bicyclic) bond motifs is 9. The number of furan rings is 1. The molecule has 0 amide bonds. The van der Waals surface area contributed by atoms with Gasteiger partial charge in [0.2, 0.25) is 0 Å². The highest BCUT2D eigenvalue weighted by atomic mass is 32.1. The van der Waals surface area contributed by atoms with Crippen molar-refractivity contribution in [3.05, 3.63) is 199 Å². The maximum Gasteiger partial charge on any atom is 0.136 e. The standard InChI is InChI=1S/C51H35NOS/c1-4-15-33(16-5-1)38-29-27-35-31-46-50(42-22-10-12-25-45(42)53-46)49(34-17-6-2-7-18-34)48(35)40-30-28-37(32-43(38)40)52(36-19-8-3-9-20-36)44-24-14-23-41-39-21-11-13-26-47(39)54-51(41)44/h1-26,28,30-32,38H,27,29H2. The molecule has 0 spiro atoms. The van der Waals surface area contributed by atoms with E-state index in [1.54, 1.807) is 0 Å². The van der Waals surface area contributed by atoms with E-state index in [1.807, 2.05) is 11.3 Å². The van der Waals surface area contributed by atoms with E-state index < -0.39 is 0 Å². The molecule has 54 heavy (non-hydrogen) atoms. The minimum absolute atomic E-state index is 0.206. The van der Waals surface area contributed by atoms with Crippen LogP contribution in [0.3, 0.4) is 0 Å². The average Bonchev–Trinajstić information content (AvgIpc) is 3.76. The van der Waals surface area contributed by atoms with Gasteiger partial charge in [0.05, 0.1) is 10.4 Å². The summed E-state index contributed by atoms with van der Waals surface area (Å²) >= 11 is 1.88. The van der Waals surface area contributed by atoms with Crippen molar-refractivity contribution in [2.75, 3.05) is 4.90 Å². The molecule has 0 saturated heterocycles. The maximum atomic E-state index is 6.62. The van der Waals surface area contributed by atoms with Crippen LogP contribution in [0.15, 0.2) is 186 Å². The first-order valence-corrected chi connectivity index (χ1v) is 19.6. The molecular weight excluding hydrogens is 675 g/mol. The molecule has 0 radical (unpaired) electrons. The molecule has 1 aliphatic rings. The van der Waals surface area contributed by atoms with Gasteiger partial charge in [-0.25, -0.2) is 0 Å². The summed E-state index contributed by atoms with van der Waals surface area (Å²) in [5, 5.41) is 4.94. The molecule has 0 bridgehead atoms. The first-order valence-electron chi connectivity index (χ1n) is 18.8. The van der Waals surface area contributed by atoms with Gasteiger partial charge in [-0.3, -0.25) is 0 Å². The molecule has 2 aromatic heterocycles. The van der Waals surface area contributed by atoms with Crippen molar-refractivity contribution in [1.29, 1.82) is 0 Å². The summed E-state index contributed by atoms with van der Waals surface area (Å²) in [6, 6.07) is 66.5. The van der Waals surface area contributed by atoms with Crippen LogP contribution in [0.4, 0.5) is 17.1 Å². The van der Waals surface area contributed by atoms with Gasteiger partial charge in [0.1, 0.15) is 11.2 Å². The zero-order chi connectivity index (χ0) is 35.6. The first kappa shape index (κ1) is 31.1. The third kappa shape index (κ3) is 4.93. The lowest BCUT2D eigenvalue weighted by Crippen LogP contribution is -2.11. The largest absolute Gasteiger partial charge is 0.456 e. The van der Waals surface area contributed by atoms with Gasteiger partial charge >= 0.3 is 0 Å². The summed E-state index contributed by atoms with van der Waals surface area (Å²) in [6.07, 6.45) is 1.93. The van der Waals surface area contributed by atoms with Gasteiger partial charge in [0.25, 0.3) is 0 Å². The summed E-state index contributed by atoms with van der Waals surface area (Å²) in [4.78, 5) is 2.47. The molecule has 1 unspecified atom stereocenters. The van der Waals surface area contributed by atoms with Crippen LogP contribution in [0.1, 0.15) is 29.0 Å². The van der Waals surface area contributed by atoms with Crippen LogP contribution in [-0.2, 0) is 6.42 Å². The van der Waals surface area contributed by atoms with E-state index in [-0.39, 0.29) is 5.92 Å². The van der Waals surface area contributed by atoms with Gasteiger partial charge in [-0.1, -0.05) is 133 Å². The number of anilines is 3. The number of hydrogen-bond acceptors (Lipinski definition) is 3. The molecule has 8 aromatic carbocycles. The second-order valence-corrected chi connectivity index (χ2v) is 15.4. The molecule has 0 aliphatic heterocycles. The first-order chi connectivity index (χ1) is 26.8. The SMILES string of the molecule is c1ccc(-c2c3c(cc4oc5ccccc5c24)CCC(c2ccccc2)c2cc(N(c4ccccc4)c4cccc5c4sc4ccccc45)ccc2-3)cc1. The van der Waals surface area contributed by atoms with Crippen LogP contribution in [0.5, 0.6) is 0 Å². The van der Waals surface area contributed by atoms with Crippen molar-refractivity contribution in [2.24, 2.45) is 0 Å². The Morgan fingerprint density at radius 3 is 2.07 bits per heavy atom. The molecule has 1 atom stereocenters. The van der Waals surface area contributed by atoms with E-state index >= 15 is 0 Å². The fourth-order valence-corrected chi connectivity index (χ4v) is 10.1. The van der Waals surface area contributed by atoms with Gasteiger partial charge in [0, 0.05) is 49.1 Å². The third-order valence-corrected chi connectivity index (χ3v) is 12.5. The van der Waals surface area contributed by atoms with Gasteiger partial charge in [-0.05, 0) is 94.8 Å². The van der Waals surface area contributed by atoms with Crippen LogP contribution in [-0.4, -0.2) is 0 Å². The van der Waals surface area contributed by atoms with E-state index in [2.05, 4.69) is 187 Å². The van der Waals surface area contributed by atoms with Gasteiger partial charge < -0.3 is 9.32 Å². The molecule has 10 aromatic rings. The third-order valence-electron chi connectivity index (χ3n) is 11.3. The van der Waals surface area contributed by atoms with E-state index in [0.717, 1.165) is 40.8 Å². The number of para-hydroxylation sites is 2. The lowest BCUT2D eigenvalue weighted by Gasteiger charge is -2.28. The van der Waals surface area contributed by atoms with E-state index in [4.69, 9.17) is 4.42 Å². The van der Waals surface area contributed by atoms with Crippen molar-refractivity contribution >= 4 is 70.5 Å². The smallest absolute Gasteiger partial charge is 0.136 e. The predicted octanol–water partition coefficient (Wildman–Crippen LogP) is 14.8. The molecule has 0 N–H and O–H groups in total. The molecule has 0 saturated carbocycles. The highest BCUT2D eigenvalue weighted by Crippen LogP contribution is 2.52. The van der Waals surface area contributed by atoms with Crippen molar-refractivity contribution in [3.63, 3.8) is 0 Å². The Hall–Kier alpha value is -6.42. The summed E-state index contributed by atoms with van der Waals surface area (Å²) in [7, 11) is 0. The quantitative estimate of drug-likeness (QED) is 0.177. The number of thiophene rings is 1. The molecule has 0 fully saturated rings. The van der Waals surface area contributed by atoms with Crippen LogP contribution in [0.25, 0.3) is 64.4 Å². The zero-order valence-corrected chi connectivity index (χ0v) is 30.4. The maximum absolute atomic E-state index is 6.62. The Kier molecular flexibility index (Phi) is 7.27. The molecule has 3 heteroatoms. The Balaban J connectivity index is 1.21. The monoisotopic (exact) mass is 709 g/mol. The topological polar surface area (TPSA) is 16.4 Å². The summed E-state index contributed by atoms with van der Waals surface area (Å²) in [6.45, 7) is 0. The Morgan fingerprint density at radius 1 is 0.537 bits per heavy atom. The predicted molar refractivity (Wildman–Crippen MR) is 229 cm³/mol. The van der Waals surface area contributed by atoms with Crippen molar-refractivity contribution in [3.8, 4) is 22.3 Å². The van der Waals surface area contributed by atoms with E-state index in [0.29, 0.717) is 0 Å². The van der Waals surface area contributed by atoms with Crippen LogP contribution in [0, 0.1) is 0 Å². The van der Waals surface area contributed by atoms with E-state index in [1.165, 1.54) is 70.2 Å². The number of aryl methyl sites for hydroxylation is 1. The molecule has 11 rings (SSSR count). The lowest BCUT2D eigenvalue weighted by atomic mass is 9.83. The summed E-state index contributed by atoms with van der Waals surface area (Å²) in [5.41, 5.74) is 14.5. The van der Waals surface area contributed by atoms with Crippen molar-refractivity contribution in [2.45, 2.75) is 18.8 Å². The second-order valence-electron chi connectivity index (χ2n) is 14.3. The van der Waals surface area contributed by atoms with Crippen LogP contribution >= 0.6 is 11.3 Å². The minimum Gasteiger partial charge on any atom is -0.456 e. The Bertz CT molecular complexity index is 3000. The van der Waals surface area contributed by atoms with Gasteiger partial charge in [0.15, 0.2) is 0 Å². The number of benzene rings is 8. The fourth-order valence-electron chi connectivity index (χ4n) is 8.94. The highest BCUT2D eigenvalue weighted by Gasteiger charge is 2.30. The van der Waals surface area contributed by atoms with Crippen LogP contribution in [0.2, 0.25) is 0 Å². The second kappa shape index (κ2) is 12.6. The molecule has 1 aliphatic carbocycles. The zero-order valence-electron chi connectivity index (χ0n) is 29.6. The number of rotatable bonds is 5. The highest BCUT2D eigenvalue weighted by molar-refractivity contribution is 7.26. The van der Waals surface area contributed by atoms with Gasteiger partial charge in [-0.2, -0.15) is 0 Å². The molecule has 2 nitrogen and oxygen atoms in total. The minimum atomic E-state index is 0.206. The van der Waals surface area contributed by atoms with E-state index in [9.17, 15) is 0 Å².